The van der Waals surface area contributed by atoms with E-state index in [1.54, 1.807) is 35.3 Å². The quantitative estimate of drug-likeness (QED) is 0.836. The maximum Gasteiger partial charge on any atom is 0.254 e. The molecule has 0 radical (unpaired) electrons. The van der Waals surface area contributed by atoms with E-state index in [4.69, 9.17) is 0 Å². The SMILES string of the molecule is CC(C)n1cnnc1CN(C)C(=O)c1cccc(N2CCCC2=O)c1. The van der Waals surface area contributed by atoms with Crippen molar-refractivity contribution >= 4 is 17.5 Å². The number of anilines is 1. The van der Waals surface area contributed by atoms with Gasteiger partial charge in [0.05, 0.1) is 6.54 Å². The predicted molar refractivity (Wildman–Crippen MR) is 94.2 cm³/mol. The van der Waals surface area contributed by atoms with Crippen molar-refractivity contribution in [2.24, 2.45) is 0 Å². The van der Waals surface area contributed by atoms with Gasteiger partial charge in [0, 0.05) is 37.3 Å². The molecule has 0 saturated carbocycles. The number of benzene rings is 1. The van der Waals surface area contributed by atoms with Gasteiger partial charge < -0.3 is 14.4 Å². The molecule has 0 unspecified atom stereocenters. The van der Waals surface area contributed by atoms with Crippen LogP contribution >= 0.6 is 0 Å². The highest BCUT2D eigenvalue weighted by atomic mass is 16.2. The molecule has 7 nitrogen and oxygen atoms in total. The molecule has 1 saturated heterocycles. The monoisotopic (exact) mass is 341 g/mol. The Bertz CT molecular complexity index is 783. The molecular formula is C18H23N5O2. The second kappa shape index (κ2) is 7.04. The van der Waals surface area contributed by atoms with Crippen molar-refractivity contribution in [3.63, 3.8) is 0 Å². The molecule has 0 spiro atoms. The Balaban J connectivity index is 1.76. The van der Waals surface area contributed by atoms with E-state index in [1.807, 2.05) is 30.5 Å². The van der Waals surface area contributed by atoms with Gasteiger partial charge in [-0.3, -0.25) is 9.59 Å². The first-order valence-corrected chi connectivity index (χ1v) is 8.51. The third-order valence-electron chi connectivity index (χ3n) is 4.41. The number of carbonyl (C=O) groups is 2. The number of hydrogen-bond donors (Lipinski definition) is 0. The predicted octanol–water partition coefficient (Wildman–Crippen LogP) is 2.26. The first-order valence-electron chi connectivity index (χ1n) is 8.51. The maximum atomic E-state index is 12.8. The molecule has 25 heavy (non-hydrogen) atoms. The average Bonchev–Trinajstić information content (AvgIpc) is 3.23. The zero-order valence-corrected chi connectivity index (χ0v) is 14.8. The normalized spacial score (nSPS) is 14.4. The Labute approximate surface area is 147 Å². The second-order valence-electron chi connectivity index (χ2n) is 6.61. The van der Waals surface area contributed by atoms with Gasteiger partial charge in [-0.05, 0) is 38.5 Å². The Morgan fingerprint density at radius 2 is 2.16 bits per heavy atom. The molecule has 1 fully saturated rings. The van der Waals surface area contributed by atoms with Crippen LogP contribution in [0, 0.1) is 0 Å². The molecule has 1 aromatic carbocycles. The first kappa shape index (κ1) is 17.1. The zero-order chi connectivity index (χ0) is 18.0. The summed E-state index contributed by atoms with van der Waals surface area (Å²) in [7, 11) is 1.75. The Morgan fingerprint density at radius 1 is 1.36 bits per heavy atom. The van der Waals surface area contributed by atoms with Crippen molar-refractivity contribution in [3.8, 4) is 0 Å². The van der Waals surface area contributed by atoms with Crippen LogP contribution in [0.15, 0.2) is 30.6 Å². The van der Waals surface area contributed by atoms with Crippen LogP contribution in [-0.2, 0) is 11.3 Å². The third kappa shape index (κ3) is 3.55. The van der Waals surface area contributed by atoms with Crippen LogP contribution in [0.3, 0.4) is 0 Å². The minimum atomic E-state index is -0.105. The van der Waals surface area contributed by atoms with E-state index in [2.05, 4.69) is 10.2 Å². The lowest BCUT2D eigenvalue weighted by Gasteiger charge is -2.20. The highest BCUT2D eigenvalue weighted by molar-refractivity contribution is 5.98. The first-order chi connectivity index (χ1) is 12.0. The molecule has 2 amide bonds. The lowest BCUT2D eigenvalue weighted by Crippen LogP contribution is -2.29. The topological polar surface area (TPSA) is 71.3 Å². The van der Waals surface area contributed by atoms with Crippen molar-refractivity contribution in [1.82, 2.24) is 19.7 Å². The summed E-state index contributed by atoms with van der Waals surface area (Å²) in [5, 5.41) is 8.04. The van der Waals surface area contributed by atoms with Crippen molar-refractivity contribution < 1.29 is 9.59 Å². The van der Waals surface area contributed by atoms with E-state index in [9.17, 15) is 9.59 Å². The molecule has 0 atom stereocenters. The molecule has 132 valence electrons. The van der Waals surface area contributed by atoms with E-state index >= 15 is 0 Å². The van der Waals surface area contributed by atoms with Crippen molar-refractivity contribution in [2.45, 2.75) is 39.3 Å². The summed E-state index contributed by atoms with van der Waals surface area (Å²) < 4.78 is 1.95. The van der Waals surface area contributed by atoms with Gasteiger partial charge in [0.1, 0.15) is 6.33 Å². The summed E-state index contributed by atoms with van der Waals surface area (Å²) in [5.74, 6) is 0.756. The van der Waals surface area contributed by atoms with Crippen LogP contribution in [0.25, 0.3) is 0 Å². The number of rotatable bonds is 5. The smallest absolute Gasteiger partial charge is 0.254 e. The van der Waals surface area contributed by atoms with Crippen LogP contribution < -0.4 is 4.90 Å². The summed E-state index contributed by atoms with van der Waals surface area (Å²) >= 11 is 0. The van der Waals surface area contributed by atoms with E-state index in [0.29, 0.717) is 25.1 Å². The molecule has 7 heteroatoms. The largest absolute Gasteiger partial charge is 0.334 e. The molecule has 0 bridgehead atoms. The summed E-state index contributed by atoms with van der Waals surface area (Å²) in [5.41, 5.74) is 1.35. The molecule has 1 aromatic heterocycles. The van der Waals surface area contributed by atoms with Crippen LogP contribution in [-0.4, -0.2) is 45.1 Å². The molecule has 2 heterocycles. The average molecular weight is 341 g/mol. The number of amides is 2. The standard InChI is InChI=1S/C18H23N5O2/c1-13(2)23-12-19-20-16(23)11-21(3)18(25)14-6-4-7-15(10-14)22-9-5-8-17(22)24/h4,6-7,10,12-13H,5,8-9,11H2,1-3H3. The van der Waals surface area contributed by atoms with Crippen molar-refractivity contribution in [2.75, 3.05) is 18.5 Å². The van der Waals surface area contributed by atoms with Crippen LogP contribution in [0.5, 0.6) is 0 Å². The molecule has 0 N–H and O–H groups in total. The molecule has 1 aliphatic rings. The molecule has 2 aromatic rings. The minimum absolute atomic E-state index is 0.105. The fourth-order valence-corrected chi connectivity index (χ4v) is 3.04. The summed E-state index contributed by atoms with van der Waals surface area (Å²) in [6.45, 7) is 5.18. The fraction of sp³-hybridized carbons (Fsp3) is 0.444. The zero-order valence-electron chi connectivity index (χ0n) is 14.8. The minimum Gasteiger partial charge on any atom is -0.334 e. The van der Waals surface area contributed by atoms with Crippen molar-refractivity contribution in [1.29, 1.82) is 0 Å². The van der Waals surface area contributed by atoms with Gasteiger partial charge in [0.15, 0.2) is 5.82 Å². The number of aromatic nitrogens is 3. The molecule has 1 aliphatic heterocycles. The van der Waals surface area contributed by atoms with E-state index in [1.165, 1.54) is 0 Å². The van der Waals surface area contributed by atoms with Gasteiger partial charge in [0.25, 0.3) is 5.91 Å². The third-order valence-corrected chi connectivity index (χ3v) is 4.41. The molecule has 3 rings (SSSR count). The second-order valence-corrected chi connectivity index (χ2v) is 6.61. The summed E-state index contributed by atoms with van der Waals surface area (Å²) in [4.78, 5) is 28.0. The van der Waals surface area contributed by atoms with Gasteiger partial charge in [-0.2, -0.15) is 0 Å². The molecular weight excluding hydrogens is 318 g/mol. The van der Waals surface area contributed by atoms with Gasteiger partial charge in [-0.15, -0.1) is 10.2 Å². The number of carbonyl (C=O) groups excluding carboxylic acids is 2. The number of hydrogen-bond acceptors (Lipinski definition) is 4. The van der Waals surface area contributed by atoms with Gasteiger partial charge in [0.2, 0.25) is 5.91 Å². The highest BCUT2D eigenvalue weighted by Crippen LogP contribution is 2.23. The van der Waals surface area contributed by atoms with Crippen LogP contribution in [0.2, 0.25) is 0 Å². The Kier molecular flexibility index (Phi) is 4.83. The highest BCUT2D eigenvalue weighted by Gasteiger charge is 2.23. The van der Waals surface area contributed by atoms with E-state index in [-0.39, 0.29) is 17.9 Å². The Morgan fingerprint density at radius 3 is 2.84 bits per heavy atom. The van der Waals surface area contributed by atoms with Gasteiger partial charge in [-0.25, -0.2) is 0 Å². The Hall–Kier alpha value is -2.70. The van der Waals surface area contributed by atoms with Crippen LogP contribution in [0.1, 0.15) is 48.9 Å². The van der Waals surface area contributed by atoms with Gasteiger partial charge >= 0.3 is 0 Å². The van der Waals surface area contributed by atoms with Crippen LogP contribution in [0.4, 0.5) is 5.69 Å². The van der Waals surface area contributed by atoms with Gasteiger partial charge in [-0.1, -0.05) is 6.07 Å². The lowest BCUT2D eigenvalue weighted by molar-refractivity contribution is -0.117. The van der Waals surface area contributed by atoms with Crippen molar-refractivity contribution in [3.05, 3.63) is 42.0 Å². The lowest BCUT2D eigenvalue weighted by atomic mass is 10.1. The number of nitrogens with zero attached hydrogens (tertiary/aromatic N) is 5. The fourth-order valence-electron chi connectivity index (χ4n) is 3.04. The molecule has 0 aliphatic carbocycles. The summed E-state index contributed by atoms with van der Waals surface area (Å²) in [6, 6.07) is 7.48. The van der Waals surface area contributed by atoms with E-state index in [0.717, 1.165) is 17.9 Å². The van der Waals surface area contributed by atoms with E-state index < -0.39 is 0 Å². The summed E-state index contributed by atoms with van der Waals surface area (Å²) in [6.07, 6.45) is 3.11. The maximum absolute atomic E-state index is 12.8.